The molecule has 2 aromatic rings. The van der Waals surface area contributed by atoms with E-state index >= 15 is 0 Å². The maximum Gasteiger partial charge on any atom is 0.281 e. The van der Waals surface area contributed by atoms with Gasteiger partial charge in [-0.1, -0.05) is 53.8 Å². The molecule has 0 unspecified atom stereocenters. The molecule has 0 radical (unpaired) electrons. The lowest BCUT2D eigenvalue weighted by Gasteiger charge is -2.16. The highest BCUT2D eigenvalue weighted by atomic mass is 32.2. The van der Waals surface area contributed by atoms with Gasteiger partial charge < -0.3 is 4.74 Å². The quantitative estimate of drug-likeness (QED) is 0.592. The van der Waals surface area contributed by atoms with E-state index in [2.05, 4.69) is 4.83 Å². The normalized spacial score (nSPS) is 16.2. The number of thioether (sulfide) groups is 1. The van der Waals surface area contributed by atoms with Crippen LogP contribution in [0.2, 0.25) is 0 Å². The summed E-state index contributed by atoms with van der Waals surface area (Å²) in [5, 5.41) is 0.880. The molecule has 3 rings (SSSR count). The Hall–Kier alpha value is -2.20. The monoisotopic (exact) mass is 420 g/mol. The molecule has 0 aliphatic carbocycles. The van der Waals surface area contributed by atoms with Gasteiger partial charge in [-0.05, 0) is 42.8 Å². The molecular weight excluding hydrogens is 404 g/mol. The molecule has 0 atom stereocenters. The molecule has 1 N–H and O–H groups in total. The number of rotatable bonds is 5. The largest absolute Gasteiger partial charge is 0.497 e. The summed E-state index contributed by atoms with van der Waals surface area (Å²) in [6, 6.07) is 13.4. The zero-order chi connectivity index (χ0) is 19.6. The van der Waals surface area contributed by atoms with Crippen molar-refractivity contribution in [3.63, 3.8) is 0 Å². The Morgan fingerprint density at radius 1 is 1.11 bits per heavy atom. The van der Waals surface area contributed by atoms with Gasteiger partial charge in [0.15, 0.2) is 4.32 Å². The Kier molecular flexibility index (Phi) is 5.66. The lowest BCUT2D eigenvalue weighted by Crippen LogP contribution is -2.44. The number of hydrazine groups is 1. The fourth-order valence-electron chi connectivity index (χ4n) is 2.29. The first-order chi connectivity index (χ1) is 12.8. The number of ether oxygens (including phenoxy) is 1. The van der Waals surface area contributed by atoms with Crippen molar-refractivity contribution in [3.8, 4) is 5.75 Å². The second-order valence-corrected chi connectivity index (χ2v) is 9.03. The predicted molar refractivity (Wildman–Crippen MR) is 110 cm³/mol. The highest BCUT2D eigenvalue weighted by molar-refractivity contribution is 8.26. The first kappa shape index (κ1) is 19.6. The van der Waals surface area contributed by atoms with E-state index in [1.807, 2.05) is 6.92 Å². The van der Waals surface area contributed by atoms with Crippen LogP contribution >= 0.6 is 24.0 Å². The Balaban J connectivity index is 1.81. The van der Waals surface area contributed by atoms with Gasteiger partial charge in [0.2, 0.25) is 0 Å². The van der Waals surface area contributed by atoms with Gasteiger partial charge in [0.1, 0.15) is 5.75 Å². The van der Waals surface area contributed by atoms with Crippen LogP contribution in [-0.2, 0) is 14.8 Å². The summed E-state index contributed by atoms with van der Waals surface area (Å²) in [7, 11) is -2.35. The van der Waals surface area contributed by atoms with Crippen molar-refractivity contribution < 1.29 is 17.9 Å². The Morgan fingerprint density at radius 3 is 2.33 bits per heavy atom. The third-order valence-corrected chi connectivity index (χ3v) is 6.37. The van der Waals surface area contributed by atoms with E-state index in [1.165, 1.54) is 12.1 Å². The molecule has 0 bridgehead atoms. The van der Waals surface area contributed by atoms with E-state index in [-0.39, 0.29) is 9.22 Å². The molecule has 1 heterocycles. The number of carbonyl (C=O) groups excluding carboxylic acids is 1. The first-order valence-corrected chi connectivity index (χ1v) is 10.5. The fourth-order valence-corrected chi connectivity index (χ4v) is 4.60. The van der Waals surface area contributed by atoms with Crippen LogP contribution in [0.15, 0.2) is 58.3 Å². The maximum absolute atomic E-state index is 12.6. The molecule has 9 heteroatoms. The smallest absolute Gasteiger partial charge is 0.281 e. The zero-order valence-corrected chi connectivity index (χ0v) is 17.0. The molecule has 1 saturated heterocycles. The average Bonchev–Trinajstić information content (AvgIpc) is 2.90. The third-order valence-electron chi connectivity index (χ3n) is 3.75. The molecule has 1 aliphatic heterocycles. The standard InChI is InChI=1S/C18H16N2O4S3/c1-12-3-9-15(10-4-12)27(22,23)19-20-17(21)16(26-18(20)25)11-13-5-7-14(24-2)8-6-13/h3-11,19H,1-2H3/b16-11+. The number of hydrogen-bond acceptors (Lipinski definition) is 6. The van der Waals surface area contributed by atoms with Gasteiger partial charge in [0.25, 0.3) is 15.9 Å². The predicted octanol–water partition coefficient (Wildman–Crippen LogP) is 3.10. The molecule has 0 spiro atoms. The third kappa shape index (κ3) is 4.38. The minimum Gasteiger partial charge on any atom is -0.497 e. The molecular formula is C18H16N2O4S3. The van der Waals surface area contributed by atoms with E-state index in [9.17, 15) is 13.2 Å². The Morgan fingerprint density at radius 2 is 1.74 bits per heavy atom. The van der Waals surface area contributed by atoms with Crippen LogP contribution in [0.25, 0.3) is 6.08 Å². The minimum absolute atomic E-state index is 0.0567. The average molecular weight is 421 g/mol. The van der Waals surface area contributed by atoms with Gasteiger partial charge in [-0.2, -0.15) is 0 Å². The van der Waals surface area contributed by atoms with Crippen LogP contribution in [0, 0.1) is 6.92 Å². The highest BCUT2D eigenvalue weighted by Gasteiger charge is 2.35. The maximum atomic E-state index is 12.6. The van der Waals surface area contributed by atoms with Crippen molar-refractivity contribution in [2.24, 2.45) is 0 Å². The van der Waals surface area contributed by atoms with Gasteiger partial charge in [0.05, 0.1) is 16.9 Å². The molecule has 27 heavy (non-hydrogen) atoms. The first-order valence-electron chi connectivity index (χ1n) is 7.81. The molecule has 0 aromatic heterocycles. The Labute approximate surface area is 167 Å². The van der Waals surface area contributed by atoms with E-state index < -0.39 is 15.9 Å². The molecule has 6 nitrogen and oxygen atoms in total. The molecule has 1 aliphatic rings. The zero-order valence-electron chi connectivity index (χ0n) is 14.5. The Bertz CT molecular complexity index is 1010. The van der Waals surface area contributed by atoms with Crippen LogP contribution in [0.1, 0.15) is 11.1 Å². The van der Waals surface area contributed by atoms with Gasteiger partial charge in [-0.25, -0.2) is 13.4 Å². The molecule has 140 valence electrons. The second-order valence-electron chi connectivity index (χ2n) is 5.70. The summed E-state index contributed by atoms with van der Waals surface area (Å²) in [6.07, 6.45) is 1.65. The van der Waals surface area contributed by atoms with Crippen LogP contribution in [0.3, 0.4) is 0 Å². The molecule has 1 amide bonds. The number of nitrogens with zero attached hydrogens (tertiary/aromatic N) is 1. The van der Waals surface area contributed by atoms with Gasteiger partial charge in [-0.3, -0.25) is 4.79 Å². The van der Waals surface area contributed by atoms with Crippen molar-refractivity contribution in [1.29, 1.82) is 0 Å². The number of aryl methyl sites for hydroxylation is 1. The van der Waals surface area contributed by atoms with Crippen LogP contribution in [-0.4, -0.2) is 30.8 Å². The fraction of sp³-hybridized carbons (Fsp3) is 0.111. The summed E-state index contributed by atoms with van der Waals surface area (Å²) in [5.41, 5.74) is 1.71. The van der Waals surface area contributed by atoms with Gasteiger partial charge >= 0.3 is 0 Å². The number of amides is 1. The van der Waals surface area contributed by atoms with Crippen molar-refractivity contribution in [2.45, 2.75) is 11.8 Å². The van der Waals surface area contributed by atoms with Crippen molar-refractivity contribution in [1.82, 2.24) is 9.84 Å². The summed E-state index contributed by atoms with van der Waals surface area (Å²) in [4.78, 5) is 15.2. The number of thiocarbonyl (C=S) groups is 1. The number of benzene rings is 2. The van der Waals surface area contributed by atoms with Crippen LogP contribution in [0.5, 0.6) is 5.75 Å². The van der Waals surface area contributed by atoms with E-state index in [0.29, 0.717) is 10.7 Å². The number of sulfonamides is 1. The van der Waals surface area contributed by atoms with Crippen molar-refractivity contribution >= 4 is 50.3 Å². The van der Waals surface area contributed by atoms with Gasteiger partial charge in [0, 0.05) is 0 Å². The van der Waals surface area contributed by atoms with Gasteiger partial charge in [-0.15, -0.1) is 4.83 Å². The lowest BCUT2D eigenvalue weighted by molar-refractivity contribution is -0.123. The van der Waals surface area contributed by atoms with Crippen molar-refractivity contribution in [3.05, 3.63) is 64.6 Å². The molecule has 2 aromatic carbocycles. The number of hydrogen-bond donors (Lipinski definition) is 1. The molecule has 1 fully saturated rings. The lowest BCUT2D eigenvalue weighted by atomic mass is 10.2. The summed E-state index contributed by atoms with van der Waals surface area (Å²) in [5.74, 6) is 0.182. The second kappa shape index (κ2) is 7.81. The molecule has 0 saturated carbocycles. The summed E-state index contributed by atoms with van der Waals surface area (Å²) in [6.45, 7) is 1.86. The van der Waals surface area contributed by atoms with E-state index in [0.717, 1.165) is 27.9 Å². The topological polar surface area (TPSA) is 75.7 Å². The number of carbonyl (C=O) groups is 1. The number of methoxy groups -OCH3 is 1. The number of nitrogens with one attached hydrogen (secondary N) is 1. The van der Waals surface area contributed by atoms with Crippen molar-refractivity contribution in [2.75, 3.05) is 7.11 Å². The van der Waals surface area contributed by atoms with E-state index in [1.54, 1.807) is 49.6 Å². The minimum atomic E-state index is -3.92. The SMILES string of the molecule is COc1ccc(/C=C2/SC(=S)N(NS(=O)(=O)c3ccc(C)cc3)C2=O)cc1. The highest BCUT2D eigenvalue weighted by Crippen LogP contribution is 2.32. The summed E-state index contributed by atoms with van der Waals surface area (Å²) >= 11 is 6.21. The van der Waals surface area contributed by atoms with E-state index in [4.69, 9.17) is 17.0 Å². The van der Waals surface area contributed by atoms with Crippen LogP contribution in [0.4, 0.5) is 0 Å². The van der Waals surface area contributed by atoms with Crippen LogP contribution < -0.4 is 9.57 Å². The summed E-state index contributed by atoms with van der Waals surface area (Å²) < 4.78 is 30.3.